The normalized spacial score (nSPS) is 26.0. The smallest absolute Gasteiger partial charge is 0.127 e. The van der Waals surface area contributed by atoms with Gasteiger partial charge >= 0.3 is 0 Å². The Balaban J connectivity index is 0.968. The zero-order valence-corrected chi connectivity index (χ0v) is 18.6. The molecule has 3 atom stereocenters. The number of hydrogen-bond acceptors (Lipinski definition) is 4. The van der Waals surface area contributed by atoms with Crippen molar-refractivity contribution in [3.63, 3.8) is 0 Å². The summed E-state index contributed by atoms with van der Waals surface area (Å²) in [4.78, 5) is 5.21. The number of rotatable bonds is 10. The van der Waals surface area contributed by atoms with Crippen molar-refractivity contribution in [1.29, 1.82) is 0 Å². The number of likely N-dealkylation sites (tertiary alicyclic amines) is 2. The predicted molar refractivity (Wildman–Crippen MR) is 124 cm³/mol. The lowest BCUT2D eigenvalue weighted by atomic mass is 10.1. The van der Waals surface area contributed by atoms with Gasteiger partial charge in [0, 0.05) is 32.8 Å². The molecule has 0 aromatic heterocycles. The van der Waals surface area contributed by atoms with E-state index < -0.39 is 0 Å². The summed E-state index contributed by atoms with van der Waals surface area (Å²) in [7, 11) is 0. The topological polar surface area (TPSA) is 24.9 Å². The van der Waals surface area contributed by atoms with Gasteiger partial charge in [-0.15, -0.1) is 0 Å². The maximum Gasteiger partial charge on any atom is 0.127 e. The van der Waals surface area contributed by atoms with Gasteiger partial charge in [-0.3, -0.25) is 4.90 Å². The molecule has 31 heavy (non-hydrogen) atoms. The number of piperidine rings is 2. The van der Waals surface area contributed by atoms with Crippen LogP contribution in [0.4, 0.5) is 0 Å². The van der Waals surface area contributed by atoms with Crippen LogP contribution in [-0.4, -0.2) is 55.7 Å². The van der Waals surface area contributed by atoms with Crippen molar-refractivity contribution in [1.82, 2.24) is 9.80 Å². The number of fused-ring (bicyclic) bond motifs is 1. The van der Waals surface area contributed by atoms with Gasteiger partial charge in [-0.1, -0.05) is 36.8 Å². The molecule has 0 radical (unpaired) electrons. The Bertz CT molecular complexity index is 792. The largest absolute Gasteiger partial charge is 0.457 e. The van der Waals surface area contributed by atoms with Gasteiger partial charge in [0.15, 0.2) is 0 Å². The van der Waals surface area contributed by atoms with Crippen LogP contribution in [0, 0.1) is 17.8 Å². The highest BCUT2D eigenvalue weighted by atomic mass is 16.5. The van der Waals surface area contributed by atoms with Gasteiger partial charge in [0.05, 0.1) is 6.61 Å². The first-order valence-electron chi connectivity index (χ1n) is 12.2. The molecule has 2 aromatic carbocycles. The van der Waals surface area contributed by atoms with Gasteiger partial charge in [-0.05, 0) is 79.9 Å². The van der Waals surface area contributed by atoms with E-state index in [1.54, 1.807) is 0 Å². The van der Waals surface area contributed by atoms with Crippen LogP contribution in [-0.2, 0) is 11.3 Å². The second-order valence-corrected chi connectivity index (χ2v) is 9.58. The van der Waals surface area contributed by atoms with Crippen molar-refractivity contribution in [2.75, 3.05) is 45.9 Å². The maximum absolute atomic E-state index is 6.04. The summed E-state index contributed by atoms with van der Waals surface area (Å²) in [5.74, 6) is 4.32. The number of para-hydroxylation sites is 1. The second-order valence-electron chi connectivity index (χ2n) is 9.58. The first-order valence-corrected chi connectivity index (χ1v) is 12.2. The Labute approximate surface area is 187 Å². The van der Waals surface area contributed by atoms with Gasteiger partial charge in [-0.25, -0.2) is 0 Å². The molecular formula is C27H36N2O2. The minimum atomic E-state index is 0.813. The molecule has 0 spiro atoms. The van der Waals surface area contributed by atoms with Crippen LogP contribution in [0.3, 0.4) is 0 Å². The Kier molecular flexibility index (Phi) is 6.88. The summed E-state index contributed by atoms with van der Waals surface area (Å²) < 4.78 is 11.9. The molecule has 2 heterocycles. The van der Waals surface area contributed by atoms with Crippen molar-refractivity contribution in [2.24, 2.45) is 17.8 Å². The van der Waals surface area contributed by atoms with Crippen molar-refractivity contribution >= 4 is 0 Å². The quantitative estimate of drug-likeness (QED) is 0.502. The third kappa shape index (κ3) is 5.68. The zero-order valence-electron chi connectivity index (χ0n) is 18.6. The molecule has 0 N–H and O–H groups in total. The molecule has 1 saturated carbocycles. The van der Waals surface area contributed by atoms with Crippen LogP contribution in [0.1, 0.15) is 31.2 Å². The van der Waals surface area contributed by atoms with Crippen LogP contribution < -0.4 is 4.74 Å². The fraction of sp³-hybridized carbons (Fsp3) is 0.556. The fourth-order valence-electron chi connectivity index (χ4n) is 5.45. The molecule has 0 unspecified atom stereocenters. The highest BCUT2D eigenvalue weighted by molar-refractivity contribution is 5.33. The Hall–Kier alpha value is -1.88. The molecule has 4 nitrogen and oxygen atoms in total. The average Bonchev–Trinajstić information content (AvgIpc) is 3.26. The number of hydrogen-bond donors (Lipinski definition) is 0. The summed E-state index contributed by atoms with van der Waals surface area (Å²) in [6, 6.07) is 18.5. The van der Waals surface area contributed by atoms with Gasteiger partial charge in [0.2, 0.25) is 0 Å². The van der Waals surface area contributed by atoms with Gasteiger partial charge in [0.1, 0.15) is 11.5 Å². The monoisotopic (exact) mass is 420 g/mol. The molecule has 3 aliphatic rings. The van der Waals surface area contributed by atoms with Crippen LogP contribution in [0.25, 0.3) is 0 Å². The van der Waals surface area contributed by atoms with E-state index in [4.69, 9.17) is 9.47 Å². The van der Waals surface area contributed by atoms with E-state index in [0.29, 0.717) is 0 Å². The molecule has 2 saturated heterocycles. The summed E-state index contributed by atoms with van der Waals surface area (Å²) in [5.41, 5.74) is 1.37. The second kappa shape index (κ2) is 10.2. The first kappa shape index (κ1) is 21.0. The Morgan fingerprint density at radius 2 is 1.48 bits per heavy atom. The van der Waals surface area contributed by atoms with Crippen molar-refractivity contribution in [3.05, 3.63) is 60.2 Å². The van der Waals surface area contributed by atoms with Crippen molar-refractivity contribution in [2.45, 2.75) is 32.2 Å². The van der Waals surface area contributed by atoms with Crippen LogP contribution in [0.2, 0.25) is 0 Å². The third-order valence-corrected chi connectivity index (χ3v) is 7.28. The van der Waals surface area contributed by atoms with E-state index >= 15 is 0 Å². The summed E-state index contributed by atoms with van der Waals surface area (Å²) >= 11 is 0. The molecule has 3 fully saturated rings. The minimum absolute atomic E-state index is 0.813. The maximum atomic E-state index is 6.04. The molecule has 166 valence electrons. The minimum Gasteiger partial charge on any atom is -0.457 e. The first-order chi connectivity index (χ1) is 15.3. The third-order valence-electron chi connectivity index (χ3n) is 7.28. The molecule has 0 bridgehead atoms. The molecule has 4 heteroatoms. The SMILES string of the molecule is c1ccc(Oc2ccc(CN3C[C@@H]4[C@H](COCCCN5CCCCC5)[C@@H]4C3)cc2)cc1. The van der Waals surface area contributed by atoms with Gasteiger partial charge in [-0.2, -0.15) is 0 Å². The molecule has 0 amide bonds. The highest BCUT2D eigenvalue weighted by Crippen LogP contribution is 2.52. The van der Waals surface area contributed by atoms with E-state index in [1.807, 2.05) is 30.3 Å². The number of nitrogens with zero attached hydrogens (tertiary/aromatic N) is 2. The Morgan fingerprint density at radius 3 is 2.23 bits per heavy atom. The van der Waals surface area contributed by atoms with Crippen molar-refractivity contribution < 1.29 is 9.47 Å². The fourth-order valence-corrected chi connectivity index (χ4v) is 5.45. The van der Waals surface area contributed by atoms with Crippen molar-refractivity contribution in [3.8, 4) is 11.5 Å². The number of ether oxygens (including phenoxy) is 2. The van der Waals surface area contributed by atoms with Gasteiger partial charge in [0.25, 0.3) is 0 Å². The summed E-state index contributed by atoms with van der Waals surface area (Å²) in [5, 5.41) is 0. The van der Waals surface area contributed by atoms with E-state index in [0.717, 1.165) is 49.0 Å². The zero-order chi connectivity index (χ0) is 20.9. The highest BCUT2D eigenvalue weighted by Gasteiger charge is 2.55. The van der Waals surface area contributed by atoms with E-state index in [9.17, 15) is 0 Å². The lowest BCUT2D eigenvalue weighted by molar-refractivity contribution is 0.0967. The molecule has 5 rings (SSSR count). The van der Waals surface area contributed by atoms with Crippen LogP contribution in [0.5, 0.6) is 11.5 Å². The van der Waals surface area contributed by atoms with Crippen LogP contribution in [0.15, 0.2) is 54.6 Å². The van der Waals surface area contributed by atoms with E-state index in [1.165, 1.54) is 64.0 Å². The van der Waals surface area contributed by atoms with E-state index in [-0.39, 0.29) is 0 Å². The average molecular weight is 421 g/mol. The lowest BCUT2D eigenvalue weighted by Crippen LogP contribution is -2.31. The van der Waals surface area contributed by atoms with Crippen LogP contribution >= 0.6 is 0 Å². The molecule has 1 aliphatic carbocycles. The lowest BCUT2D eigenvalue weighted by Gasteiger charge is -2.26. The summed E-state index contributed by atoms with van der Waals surface area (Å²) in [6.45, 7) is 9.24. The van der Waals surface area contributed by atoms with E-state index in [2.05, 4.69) is 34.1 Å². The molecule has 2 aromatic rings. The molecular weight excluding hydrogens is 384 g/mol. The van der Waals surface area contributed by atoms with Gasteiger partial charge < -0.3 is 14.4 Å². The number of benzene rings is 2. The molecule has 2 aliphatic heterocycles. The standard InChI is InChI=1S/C27H36N2O2/c1-3-8-23(9-4-1)31-24-12-10-22(11-13-24)18-29-19-25-26(20-29)27(25)21-30-17-7-16-28-14-5-2-6-15-28/h1,3-4,8-13,25-27H,2,5-7,14-21H2/t25-,26+,27-. The summed E-state index contributed by atoms with van der Waals surface area (Å²) in [6.07, 6.45) is 5.38. The predicted octanol–water partition coefficient (Wildman–Crippen LogP) is 5.05. The Morgan fingerprint density at radius 1 is 0.774 bits per heavy atom.